The van der Waals surface area contributed by atoms with Crippen LogP contribution in [0.25, 0.3) is 0 Å². The molecule has 25 heavy (non-hydrogen) atoms. The second kappa shape index (κ2) is 10.6. The topological polar surface area (TPSA) is 84.2 Å². The molecule has 0 unspecified atom stereocenters. The van der Waals surface area contributed by atoms with E-state index in [0.717, 1.165) is 51.3 Å². The van der Waals surface area contributed by atoms with Gasteiger partial charge in [0.2, 0.25) is 0 Å². The lowest BCUT2D eigenvalue weighted by molar-refractivity contribution is -0.908. The fourth-order valence-electron chi connectivity index (χ4n) is 2.59. The smallest absolute Gasteiger partial charge is 0.329 e. The molecule has 1 fully saturated rings. The molecule has 1 aliphatic rings. The van der Waals surface area contributed by atoms with Gasteiger partial charge in [0.1, 0.15) is 13.1 Å². The van der Waals surface area contributed by atoms with E-state index >= 15 is 0 Å². The Bertz CT molecular complexity index is 580. The zero-order chi connectivity index (χ0) is 17.9. The second-order valence-corrected chi connectivity index (χ2v) is 6.02. The van der Waals surface area contributed by atoms with Crippen LogP contribution in [0, 0.1) is 0 Å². The average Bonchev–Trinajstić information content (AvgIpc) is 2.66. The van der Waals surface area contributed by atoms with Crippen LogP contribution in [0.2, 0.25) is 0 Å². The largest absolute Gasteiger partial charge is 0.370 e. The molecule has 0 aromatic heterocycles. The summed E-state index contributed by atoms with van der Waals surface area (Å²) < 4.78 is 5.30. The highest BCUT2D eigenvalue weighted by Crippen LogP contribution is 2.02. The van der Waals surface area contributed by atoms with Gasteiger partial charge in [-0.25, -0.2) is 5.43 Å². The van der Waals surface area contributed by atoms with Crippen molar-refractivity contribution in [2.45, 2.75) is 19.8 Å². The Morgan fingerprint density at radius 3 is 2.60 bits per heavy atom. The molecule has 3 N–H and O–H groups in total. The fourth-order valence-corrected chi connectivity index (χ4v) is 2.59. The van der Waals surface area contributed by atoms with E-state index in [9.17, 15) is 9.59 Å². The highest BCUT2D eigenvalue weighted by Gasteiger charge is 2.14. The number of nitrogens with zero attached hydrogens (tertiary/aromatic N) is 1. The Kier molecular flexibility index (Phi) is 8.08. The Morgan fingerprint density at radius 2 is 1.92 bits per heavy atom. The predicted molar refractivity (Wildman–Crippen MR) is 95.6 cm³/mol. The average molecular weight is 347 g/mol. The van der Waals surface area contributed by atoms with E-state index in [4.69, 9.17) is 4.74 Å². The third kappa shape index (κ3) is 7.03. The highest BCUT2D eigenvalue weighted by atomic mass is 16.5. The molecule has 0 atom stereocenters. The summed E-state index contributed by atoms with van der Waals surface area (Å²) in [7, 11) is 0. The maximum Gasteiger partial charge on any atom is 0.329 e. The third-order valence-electron chi connectivity index (χ3n) is 4.17. The predicted octanol–water partition coefficient (Wildman–Crippen LogP) is -0.879. The van der Waals surface area contributed by atoms with Gasteiger partial charge in [-0.15, -0.1) is 0 Å². The molecule has 0 bridgehead atoms. The number of hydrogen-bond acceptors (Lipinski definition) is 4. The Morgan fingerprint density at radius 1 is 1.20 bits per heavy atom. The summed E-state index contributed by atoms with van der Waals surface area (Å²) in [4.78, 5) is 24.8. The molecular weight excluding hydrogens is 320 g/mol. The number of hydrogen-bond donors (Lipinski definition) is 3. The van der Waals surface area contributed by atoms with Gasteiger partial charge in [0.05, 0.1) is 26.0 Å². The van der Waals surface area contributed by atoms with Gasteiger partial charge in [-0.2, -0.15) is 5.10 Å². The first-order valence-electron chi connectivity index (χ1n) is 8.80. The maximum absolute atomic E-state index is 11.7. The summed E-state index contributed by atoms with van der Waals surface area (Å²) in [6, 6.07) is 7.85. The molecule has 1 heterocycles. The van der Waals surface area contributed by atoms with Crippen molar-refractivity contribution in [1.29, 1.82) is 0 Å². The van der Waals surface area contributed by atoms with E-state index < -0.39 is 11.8 Å². The van der Waals surface area contributed by atoms with Gasteiger partial charge >= 0.3 is 11.8 Å². The van der Waals surface area contributed by atoms with Crippen LogP contribution in [0.4, 0.5) is 0 Å². The summed E-state index contributed by atoms with van der Waals surface area (Å²) in [6.07, 6.45) is 3.33. The number of ether oxygens (including phenoxy) is 1. The molecule has 0 spiro atoms. The lowest BCUT2D eigenvalue weighted by Gasteiger charge is -2.23. The number of quaternary nitrogens is 1. The van der Waals surface area contributed by atoms with Crippen LogP contribution in [-0.2, 0) is 20.7 Å². The maximum atomic E-state index is 11.7. The minimum atomic E-state index is -0.750. The van der Waals surface area contributed by atoms with Crippen LogP contribution in [0.1, 0.15) is 24.5 Å². The van der Waals surface area contributed by atoms with Crippen LogP contribution in [0.3, 0.4) is 0 Å². The van der Waals surface area contributed by atoms with Crippen LogP contribution in [-0.4, -0.2) is 57.4 Å². The number of nitrogens with one attached hydrogen (secondary N) is 3. The van der Waals surface area contributed by atoms with Gasteiger partial charge in [0.15, 0.2) is 0 Å². The van der Waals surface area contributed by atoms with Gasteiger partial charge in [0.25, 0.3) is 0 Å². The Hall–Kier alpha value is -2.25. The molecule has 136 valence electrons. The molecule has 7 heteroatoms. The quantitative estimate of drug-likeness (QED) is 0.259. The summed E-state index contributed by atoms with van der Waals surface area (Å²) >= 11 is 0. The van der Waals surface area contributed by atoms with E-state index in [0.29, 0.717) is 6.54 Å². The zero-order valence-electron chi connectivity index (χ0n) is 14.7. The van der Waals surface area contributed by atoms with E-state index in [1.165, 1.54) is 16.7 Å². The molecular formula is C18H27N4O3+. The number of hydrazone groups is 1. The molecule has 2 amide bonds. The molecule has 1 aromatic rings. The minimum Gasteiger partial charge on any atom is -0.370 e. The molecule has 2 rings (SSSR count). The van der Waals surface area contributed by atoms with Crippen molar-refractivity contribution >= 4 is 18.0 Å². The zero-order valence-corrected chi connectivity index (χ0v) is 14.7. The number of rotatable bonds is 7. The number of benzene rings is 1. The number of carbonyl (C=O) groups is 2. The Balaban J connectivity index is 1.62. The number of amides is 2. The van der Waals surface area contributed by atoms with Crippen molar-refractivity contribution in [2.24, 2.45) is 5.10 Å². The summed E-state index contributed by atoms with van der Waals surface area (Å²) in [5.74, 6) is -1.41. The first-order chi connectivity index (χ1) is 12.2. The SMILES string of the molecule is CCc1ccc(/C=N\NC(=O)C(=O)NCCC[NH+]2CCOCC2)cc1. The van der Waals surface area contributed by atoms with E-state index in [-0.39, 0.29) is 0 Å². The lowest BCUT2D eigenvalue weighted by Crippen LogP contribution is -3.14. The van der Waals surface area contributed by atoms with Crippen molar-refractivity contribution < 1.29 is 19.2 Å². The lowest BCUT2D eigenvalue weighted by atomic mass is 10.1. The second-order valence-electron chi connectivity index (χ2n) is 6.02. The van der Waals surface area contributed by atoms with Crippen molar-refractivity contribution in [3.63, 3.8) is 0 Å². The van der Waals surface area contributed by atoms with E-state index in [1.54, 1.807) is 0 Å². The van der Waals surface area contributed by atoms with Crippen molar-refractivity contribution in [2.75, 3.05) is 39.4 Å². The van der Waals surface area contributed by atoms with E-state index in [2.05, 4.69) is 22.8 Å². The van der Waals surface area contributed by atoms with Crippen molar-refractivity contribution in [3.05, 3.63) is 35.4 Å². The van der Waals surface area contributed by atoms with Gasteiger partial charge in [0, 0.05) is 13.0 Å². The van der Waals surface area contributed by atoms with Crippen LogP contribution in [0.5, 0.6) is 0 Å². The molecule has 0 aliphatic carbocycles. The normalized spacial score (nSPS) is 15.2. The van der Waals surface area contributed by atoms with Crippen LogP contribution < -0.4 is 15.6 Å². The molecule has 1 aliphatic heterocycles. The molecule has 1 aromatic carbocycles. The first-order valence-corrected chi connectivity index (χ1v) is 8.80. The highest BCUT2D eigenvalue weighted by molar-refractivity contribution is 6.35. The van der Waals surface area contributed by atoms with Gasteiger partial charge in [-0.3, -0.25) is 9.59 Å². The van der Waals surface area contributed by atoms with Gasteiger partial charge in [-0.05, 0) is 17.5 Å². The van der Waals surface area contributed by atoms with Crippen molar-refractivity contribution in [3.8, 4) is 0 Å². The fraction of sp³-hybridized carbons (Fsp3) is 0.500. The summed E-state index contributed by atoms with van der Waals surface area (Å²) in [5.41, 5.74) is 4.35. The van der Waals surface area contributed by atoms with E-state index in [1.807, 2.05) is 24.3 Å². The molecule has 0 radical (unpaired) electrons. The summed E-state index contributed by atoms with van der Waals surface area (Å²) in [5, 5.41) is 6.43. The van der Waals surface area contributed by atoms with Crippen molar-refractivity contribution in [1.82, 2.24) is 10.7 Å². The van der Waals surface area contributed by atoms with Gasteiger partial charge in [-0.1, -0.05) is 31.2 Å². The number of morpholine rings is 1. The molecule has 7 nitrogen and oxygen atoms in total. The third-order valence-corrected chi connectivity index (χ3v) is 4.17. The first kappa shape index (κ1) is 19.1. The Labute approximate surface area is 148 Å². The summed E-state index contributed by atoms with van der Waals surface area (Å²) in [6.45, 7) is 7.14. The molecule has 1 saturated heterocycles. The van der Waals surface area contributed by atoms with Crippen LogP contribution >= 0.6 is 0 Å². The standard InChI is InChI=1S/C18H26N4O3/c1-2-15-4-6-16(7-5-15)14-20-21-18(24)17(23)19-8-3-9-22-10-12-25-13-11-22/h4-7,14H,2-3,8-13H2,1H3,(H,19,23)(H,21,24)/p+1/b20-14-. The van der Waals surface area contributed by atoms with Crippen LogP contribution in [0.15, 0.2) is 29.4 Å². The number of carbonyl (C=O) groups excluding carboxylic acids is 2. The number of aryl methyl sites for hydroxylation is 1. The van der Waals surface area contributed by atoms with Gasteiger partial charge < -0.3 is 15.0 Å². The minimum absolute atomic E-state index is 0.485. The monoisotopic (exact) mass is 347 g/mol. The molecule has 0 saturated carbocycles.